The summed E-state index contributed by atoms with van der Waals surface area (Å²) in [6.45, 7) is 1.30. The van der Waals surface area contributed by atoms with Crippen LogP contribution in [0.4, 0.5) is 10.1 Å². The lowest BCUT2D eigenvalue weighted by Gasteiger charge is -2.34. The predicted molar refractivity (Wildman–Crippen MR) is 89.7 cm³/mol. The molecule has 3 rings (SSSR count). The molecule has 1 fully saturated rings. The highest BCUT2D eigenvalue weighted by Gasteiger charge is 2.23. The molecule has 1 saturated heterocycles. The highest BCUT2D eigenvalue weighted by Crippen LogP contribution is 2.27. The highest BCUT2D eigenvalue weighted by atomic mass is 19.1. The number of nitrogens with two attached hydrogens (primary N) is 1. The quantitative estimate of drug-likeness (QED) is 0.921. The van der Waals surface area contributed by atoms with Crippen LogP contribution in [0.2, 0.25) is 0 Å². The number of rotatable bonds is 4. The lowest BCUT2D eigenvalue weighted by atomic mass is 10.0. The number of aromatic nitrogens is 1. The molecule has 0 unspecified atom stereocenters. The van der Waals surface area contributed by atoms with Gasteiger partial charge in [0.2, 0.25) is 0 Å². The molecule has 0 saturated carbocycles. The van der Waals surface area contributed by atoms with Gasteiger partial charge in [-0.3, -0.25) is 9.78 Å². The zero-order valence-corrected chi connectivity index (χ0v) is 13.5. The molecule has 1 aromatic carbocycles. The van der Waals surface area contributed by atoms with Gasteiger partial charge in [0.25, 0.3) is 5.91 Å². The summed E-state index contributed by atoms with van der Waals surface area (Å²) in [6, 6.07) is 9.78. The normalized spacial score (nSPS) is 14.8. The summed E-state index contributed by atoms with van der Waals surface area (Å²) < 4.78 is 19.7. The van der Waals surface area contributed by atoms with Gasteiger partial charge >= 0.3 is 0 Å². The van der Waals surface area contributed by atoms with E-state index in [4.69, 9.17) is 15.7 Å². The van der Waals surface area contributed by atoms with Crippen molar-refractivity contribution in [2.45, 2.75) is 18.9 Å². The van der Waals surface area contributed by atoms with Crippen molar-refractivity contribution in [1.29, 1.82) is 5.26 Å². The Balaban J connectivity index is 1.65. The number of anilines is 1. The summed E-state index contributed by atoms with van der Waals surface area (Å²) in [5.41, 5.74) is 6.06. The Morgan fingerprint density at radius 1 is 1.36 bits per heavy atom. The van der Waals surface area contributed by atoms with E-state index in [0.29, 0.717) is 24.5 Å². The van der Waals surface area contributed by atoms with E-state index < -0.39 is 11.7 Å². The maximum absolute atomic E-state index is 13.8. The number of carbonyl (C=O) groups excluding carboxylic acids is 1. The molecule has 6 nitrogen and oxygen atoms in total. The SMILES string of the molecule is N#Cc1c(F)cccc1N1CCC(Oc2ccnc(C(N)=O)c2)CC1. The molecular weight excluding hydrogens is 323 g/mol. The number of ether oxygens (including phenoxy) is 1. The molecule has 0 aliphatic carbocycles. The van der Waals surface area contributed by atoms with Crippen molar-refractivity contribution in [3.63, 3.8) is 0 Å². The first kappa shape index (κ1) is 16.7. The van der Waals surface area contributed by atoms with Gasteiger partial charge in [-0.25, -0.2) is 4.39 Å². The molecule has 0 spiro atoms. The largest absolute Gasteiger partial charge is 0.490 e. The number of hydrogen-bond acceptors (Lipinski definition) is 5. The standard InChI is InChI=1S/C18H17FN4O2/c19-15-2-1-3-17(14(15)11-20)23-8-5-12(6-9-23)25-13-4-7-22-16(10-13)18(21)24/h1-4,7,10,12H,5-6,8-9H2,(H2,21,24). The fourth-order valence-electron chi connectivity index (χ4n) is 2.91. The number of carbonyl (C=O) groups is 1. The first-order valence-electron chi connectivity index (χ1n) is 7.94. The molecule has 1 aromatic heterocycles. The van der Waals surface area contributed by atoms with Crippen LogP contribution in [0.3, 0.4) is 0 Å². The molecule has 0 radical (unpaired) electrons. The summed E-state index contributed by atoms with van der Waals surface area (Å²) >= 11 is 0. The summed E-state index contributed by atoms with van der Waals surface area (Å²) in [6.07, 6.45) is 2.89. The van der Waals surface area contributed by atoms with Crippen LogP contribution >= 0.6 is 0 Å². The Morgan fingerprint density at radius 2 is 2.12 bits per heavy atom. The molecule has 1 aliphatic heterocycles. The number of nitrogens with zero attached hydrogens (tertiary/aromatic N) is 3. The van der Waals surface area contributed by atoms with Crippen LogP contribution in [0.1, 0.15) is 28.9 Å². The summed E-state index contributed by atoms with van der Waals surface area (Å²) in [5.74, 6) is -0.560. The zero-order valence-electron chi connectivity index (χ0n) is 13.5. The van der Waals surface area contributed by atoms with Gasteiger partial charge in [0.1, 0.15) is 35.0 Å². The first-order chi connectivity index (χ1) is 12.1. The minimum Gasteiger partial charge on any atom is -0.490 e. The molecule has 2 heterocycles. The molecule has 0 atom stereocenters. The Morgan fingerprint density at radius 3 is 2.80 bits per heavy atom. The second-order valence-electron chi connectivity index (χ2n) is 5.79. The summed E-state index contributed by atoms with van der Waals surface area (Å²) in [5, 5.41) is 9.16. The van der Waals surface area contributed by atoms with Crippen molar-refractivity contribution < 1.29 is 13.9 Å². The number of nitriles is 1. The van der Waals surface area contributed by atoms with E-state index in [-0.39, 0.29) is 17.4 Å². The lowest BCUT2D eigenvalue weighted by molar-refractivity contribution is 0.0994. The van der Waals surface area contributed by atoms with E-state index in [1.807, 2.05) is 11.0 Å². The lowest BCUT2D eigenvalue weighted by Crippen LogP contribution is -2.38. The third-order valence-electron chi connectivity index (χ3n) is 4.17. The zero-order chi connectivity index (χ0) is 17.8. The highest BCUT2D eigenvalue weighted by molar-refractivity contribution is 5.91. The van der Waals surface area contributed by atoms with Crippen LogP contribution in [-0.2, 0) is 0 Å². The monoisotopic (exact) mass is 340 g/mol. The van der Waals surface area contributed by atoms with Gasteiger partial charge in [0.05, 0.1) is 5.69 Å². The number of halogens is 1. The smallest absolute Gasteiger partial charge is 0.267 e. The van der Waals surface area contributed by atoms with Gasteiger partial charge in [-0.2, -0.15) is 5.26 Å². The van der Waals surface area contributed by atoms with Gasteiger partial charge in [-0.05, 0) is 18.2 Å². The van der Waals surface area contributed by atoms with E-state index >= 15 is 0 Å². The van der Waals surface area contributed by atoms with Crippen molar-refractivity contribution in [2.24, 2.45) is 5.73 Å². The van der Waals surface area contributed by atoms with Crippen molar-refractivity contribution >= 4 is 11.6 Å². The number of hydrogen-bond donors (Lipinski definition) is 1. The molecule has 2 N–H and O–H groups in total. The predicted octanol–water partition coefficient (Wildman–Crippen LogP) is 2.24. The second-order valence-corrected chi connectivity index (χ2v) is 5.79. The maximum atomic E-state index is 13.8. The number of benzene rings is 1. The van der Waals surface area contributed by atoms with Gasteiger partial charge in [-0.1, -0.05) is 6.07 Å². The molecule has 0 bridgehead atoms. The van der Waals surface area contributed by atoms with Gasteiger partial charge in [-0.15, -0.1) is 0 Å². The Labute approximate surface area is 144 Å². The minimum atomic E-state index is -0.601. The first-order valence-corrected chi connectivity index (χ1v) is 7.94. The maximum Gasteiger partial charge on any atom is 0.267 e. The van der Waals surface area contributed by atoms with E-state index in [2.05, 4.69) is 4.98 Å². The molecular formula is C18H17FN4O2. The third-order valence-corrected chi connectivity index (χ3v) is 4.17. The van der Waals surface area contributed by atoms with Crippen molar-refractivity contribution in [2.75, 3.05) is 18.0 Å². The number of pyridine rings is 1. The molecule has 128 valence electrons. The van der Waals surface area contributed by atoms with E-state index in [1.165, 1.54) is 18.3 Å². The Bertz CT molecular complexity index is 826. The van der Waals surface area contributed by atoms with E-state index in [0.717, 1.165) is 12.8 Å². The Kier molecular flexibility index (Phi) is 4.80. The second kappa shape index (κ2) is 7.18. The van der Waals surface area contributed by atoms with Crippen molar-refractivity contribution in [1.82, 2.24) is 4.98 Å². The van der Waals surface area contributed by atoms with Crippen molar-refractivity contribution in [3.8, 4) is 11.8 Å². The van der Waals surface area contributed by atoms with Gasteiger partial charge < -0.3 is 15.4 Å². The molecule has 25 heavy (non-hydrogen) atoms. The fourth-order valence-corrected chi connectivity index (χ4v) is 2.91. The van der Waals surface area contributed by atoms with Gasteiger partial charge in [0.15, 0.2) is 0 Å². The van der Waals surface area contributed by atoms with E-state index in [1.54, 1.807) is 18.2 Å². The van der Waals surface area contributed by atoms with Crippen LogP contribution in [0.5, 0.6) is 5.75 Å². The fraction of sp³-hybridized carbons (Fsp3) is 0.278. The molecule has 1 aliphatic rings. The van der Waals surface area contributed by atoms with Crippen molar-refractivity contribution in [3.05, 3.63) is 53.6 Å². The summed E-state index contributed by atoms with van der Waals surface area (Å²) in [7, 11) is 0. The summed E-state index contributed by atoms with van der Waals surface area (Å²) in [4.78, 5) is 17.0. The number of amides is 1. The molecule has 1 amide bonds. The average molecular weight is 340 g/mol. The average Bonchev–Trinajstić information content (AvgIpc) is 2.62. The van der Waals surface area contributed by atoms with Crippen LogP contribution in [0, 0.1) is 17.1 Å². The molecule has 2 aromatic rings. The number of primary amides is 1. The minimum absolute atomic E-state index is 0.0292. The third kappa shape index (κ3) is 3.69. The van der Waals surface area contributed by atoms with Crippen LogP contribution in [0.15, 0.2) is 36.5 Å². The Hall–Kier alpha value is -3.14. The van der Waals surface area contributed by atoms with Crippen LogP contribution < -0.4 is 15.4 Å². The van der Waals surface area contributed by atoms with E-state index in [9.17, 15) is 9.18 Å². The molecule has 7 heteroatoms. The van der Waals surface area contributed by atoms with Crippen LogP contribution in [-0.4, -0.2) is 30.1 Å². The number of piperidine rings is 1. The van der Waals surface area contributed by atoms with Crippen LogP contribution in [0.25, 0.3) is 0 Å². The topological polar surface area (TPSA) is 92.2 Å². The van der Waals surface area contributed by atoms with Gasteiger partial charge in [0, 0.05) is 38.2 Å².